The zero-order chi connectivity index (χ0) is 12.1. The van der Waals surface area contributed by atoms with Crippen LogP contribution in [0, 0.1) is 0 Å². The topological polar surface area (TPSA) is 57.5 Å². The number of carbonyl (C=O) groups excluding carboxylic acids is 1. The molecule has 2 unspecified atom stereocenters. The summed E-state index contributed by atoms with van der Waals surface area (Å²) in [7, 11) is 0. The number of aliphatic hydroxyl groups excluding tert-OH is 2. The number of hydrogen-bond donors (Lipinski definition) is 3. The molecule has 5 heteroatoms. The molecule has 1 rings (SSSR count). The average Bonchev–Trinajstić information content (AvgIpc) is 2.29. The first-order valence-corrected chi connectivity index (χ1v) is 5.82. The van der Waals surface area contributed by atoms with Gasteiger partial charge in [-0.25, -0.2) is 0 Å². The molecule has 0 aliphatic rings. The third-order valence-electron chi connectivity index (χ3n) is 2.28. The fourth-order valence-electron chi connectivity index (χ4n) is 1.35. The van der Waals surface area contributed by atoms with E-state index in [-0.39, 0.29) is 0 Å². The third kappa shape index (κ3) is 3.22. The minimum absolute atomic E-state index is 0.302. The molecule has 0 amide bonds. The molecule has 1 aromatic carbocycles. The lowest BCUT2D eigenvalue weighted by atomic mass is 10.0. The second kappa shape index (κ2) is 6.25. The minimum Gasteiger partial charge on any atom is -0.390 e. The largest absolute Gasteiger partial charge is 0.390 e. The lowest BCUT2D eigenvalue weighted by Crippen LogP contribution is -2.18. The summed E-state index contributed by atoms with van der Waals surface area (Å²) in [5, 5.41) is 19.7. The highest BCUT2D eigenvalue weighted by molar-refractivity contribution is 7.80. The first kappa shape index (κ1) is 13.5. The molecule has 3 nitrogen and oxygen atoms in total. The predicted octanol–water partition coefficient (Wildman–Crippen LogP) is 1.87. The Morgan fingerprint density at radius 2 is 2.12 bits per heavy atom. The van der Waals surface area contributed by atoms with Crippen molar-refractivity contribution in [3.05, 3.63) is 34.3 Å². The number of aliphatic hydroxyl groups is 2. The van der Waals surface area contributed by atoms with Gasteiger partial charge in [-0.2, -0.15) is 12.6 Å². The van der Waals surface area contributed by atoms with Gasteiger partial charge in [0.2, 0.25) is 0 Å². The van der Waals surface area contributed by atoms with E-state index in [1.165, 1.54) is 12.1 Å². The smallest absolute Gasteiger partial charge is 0.151 e. The maximum atomic E-state index is 10.7. The SMILES string of the molecule is O=Cc1cc(C(O)C(O)CCS)ccc1Cl. The van der Waals surface area contributed by atoms with Gasteiger partial charge in [-0.15, -0.1) is 0 Å². The maximum absolute atomic E-state index is 10.7. The number of benzene rings is 1. The van der Waals surface area contributed by atoms with Gasteiger partial charge >= 0.3 is 0 Å². The van der Waals surface area contributed by atoms with Crippen molar-refractivity contribution in [2.45, 2.75) is 18.6 Å². The van der Waals surface area contributed by atoms with Crippen LogP contribution in [0.2, 0.25) is 5.02 Å². The molecule has 1 aromatic rings. The van der Waals surface area contributed by atoms with E-state index < -0.39 is 12.2 Å². The van der Waals surface area contributed by atoms with Crippen LogP contribution in [-0.4, -0.2) is 28.4 Å². The minimum atomic E-state index is -1.02. The summed E-state index contributed by atoms with van der Waals surface area (Å²) in [5.41, 5.74) is 0.775. The monoisotopic (exact) mass is 260 g/mol. The van der Waals surface area contributed by atoms with Gasteiger partial charge in [0.25, 0.3) is 0 Å². The summed E-state index contributed by atoms with van der Waals surface area (Å²) in [6.07, 6.45) is -0.923. The van der Waals surface area contributed by atoms with Crippen LogP contribution in [0.1, 0.15) is 28.4 Å². The first-order chi connectivity index (χ1) is 7.60. The highest BCUT2D eigenvalue weighted by atomic mass is 35.5. The van der Waals surface area contributed by atoms with Crippen LogP contribution in [0.3, 0.4) is 0 Å². The summed E-state index contributed by atoms with van der Waals surface area (Å²) in [5.74, 6) is 0.479. The molecule has 0 aliphatic carbocycles. The van der Waals surface area contributed by atoms with Crippen molar-refractivity contribution in [1.29, 1.82) is 0 Å². The molecule has 0 saturated heterocycles. The standard InChI is InChI=1S/C11H13ClO3S/c12-9-2-1-7(5-8(9)6-13)11(15)10(14)3-4-16/h1-2,5-6,10-11,14-16H,3-4H2. The van der Waals surface area contributed by atoms with E-state index >= 15 is 0 Å². The van der Waals surface area contributed by atoms with E-state index in [0.717, 1.165) is 0 Å². The molecule has 0 radical (unpaired) electrons. The van der Waals surface area contributed by atoms with Crippen molar-refractivity contribution in [1.82, 2.24) is 0 Å². The van der Waals surface area contributed by atoms with Gasteiger partial charge in [-0.3, -0.25) is 4.79 Å². The van der Waals surface area contributed by atoms with Crippen LogP contribution in [-0.2, 0) is 0 Å². The molecule has 2 atom stereocenters. The molecule has 16 heavy (non-hydrogen) atoms. The molecule has 0 aromatic heterocycles. The van der Waals surface area contributed by atoms with Crippen LogP contribution in [0.4, 0.5) is 0 Å². The Morgan fingerprint density at radius 1 is 1.44 bits per heavy atom. The van der Waals surface area contributed by atoms with Gasteiger partial charge in [-0.1, -0.05) is 17.7 Å². The van der Waals surface area contributed by atoms with Crippen LogP contribution in [0.15, 0.2) is 18.2 Å². The molecule has 0 heterocycles. The highest BCUT2D eigenvalue weighted by Crippen LogP contribution is 2.23. The van der Waals surface area contributed by atoms with Crippen molar-refractivity contribution < 1.29 is 15.0 Å². The fraction of sp³-hybridized carbons (Fsp3) is 0.364. The third-order valence-corrected chi connectivity index (χ3v) is 2.88. The van der Waals surface area contributed by atoms with Gasteiger partial charge in [0.15, 0.2) is 6.29 Å². The molecule has 0 bridgehead atoms. The zero-order valence-corrected chi connectivity index (χ0v) is 10.2. The summed E-state index contributed by atoms with van der Waals surface area (Å²) in [4.78, 5) is 10.7. The van der Waals surface area contributed by atoms with Gasteiger partial charge in [-0.05, 0) is 29.9 Å². The second-order valence-electron chi connectivity index (χ2n) is 3.42. The molecule has 0 aliphatic heterocycles. The summed E-state index contributed by atoms with van der Waals surface area (Å²) >= 11 is 9.73. The number of rotatable bonds is 5. The fourth-order valence-corrected chi connectivity index (χ4v) is 1.78. The molecule has 2 N–H and O–H groups in total. The van der Waals surface area contributed by atoms with Crippen LogP contribution in [0.25, 0.3) is 0 Å². The van der Waals surface area contributed by atoms with Crippen molar-refractivity contribution in [3.8, 4) is 0 Å². The zero-order valence-electron chi connectivity index (χ0n) is 8.51. The van der Waals surface area contributed by atoms with Crippen molar-refractivity contribution in [3.63, 3.8) is 0 Å². The van der Waals surface area contributed by atoms with Crippen molar-refractivity contribution in [2.24, 2.45) is 0 Å². The maximum Gasteiger partial charge on any atom is 0.151 e. The Hall–Kier alpha value is -0.550. The van der Waals surface area contributed by atoms with Crippen LogP contribution < -0.4 is 0 Å². The number of thiol groups is 1. The number of halogens is 1. The average molecular weight is 261 g/mol. The van der Waals surface area contributed by atoms with Gasteiger partial charge < -0.3 is 10.2 Å². The highest BCUT2D eigenvalue weighted by Gasteiger charge is 2.18. The first-order valence-electron chi connectivity index (χ1n) is 4.81. The van der Waals surface area contributed by atoms with E-state index in [1.54, 1.807) is 6.07 Å². The van der Waals surface area contributed by atoms with E-state index in [9.17, 15) is 15.0 Å². The summed E-state index contributed by atoms with van der Waals surface area (Å²) in [6.45, 7) is 0. The Kier molecular flexibility index (Phi) is 5.28. The van der Waals surface area contributed by atoms with Crippen LogP contribution in [0.5, 0.6) is 0 Å². The quantitative estimate of drug-likeness (QED) is 0.560. The van der Waals surface area contributed by atoms with E-state index in [4.69, 9.17) is 11.6 Å². The Labute approximate surface area is 104 Å². The molecular weight excluding hydrogens is 248 g/mol. The Bertz CT molecular complexity index is 370. The van der Waals surface area contributed by atoms with E-state index in [0.29, 0.717) is 34.6 Å². The molecule has 0 saturated carbocycles. The van der Waals surface area contributed by atoms with Crippen molar-refractivity contribution in [2.75, 3.05) is 5.75 Å². The molecule has 0 fully saturated rings. The van der Waals surface area contributed by atoms with Gasteiger partial charge in [0.1, 0.15) is 6.10 Å². The summed E-state index contributed by atoms with van der Waals surface area (Å²) < 4.78 is 0. The molecule has 88 valence electrons. The van der Waals surface area contributed by atoms with Gasteiger partial charge in [0.05, 0.1) is 11.1 Å². The predicted molar refractivity (Wildman–Crippen MR) is 66.3 cm³/mol. The lowest BCUT2D eigenvalue weighted by molar-refractivity contribution is 0.0172. The number of aldehydes is 1. The number of hydrogen-bond acceptors (Lipinski definition) is 4. The van der Waals surface area contributed by atoms with Crippen molar-refractivity contribution >= 4 is 30.5 Å². The molecular formula is C11H13ClO3S. The van der Waals surface area contributed by atoms with E-state index in [2.05, 4.69) is 12.6 Å². The Balaban J connectivity index is 2.91. The van der Waals surface area contributed by atoms with Crippen LogP contribution >= 0.6 is 24.2 Å². The lowest BCUT2D eigenvalue weighted by Gasteiger charge is -2.17. The van der Waals surface area contributed by atoms with E-state index in [1.807, 2.05) is 0 Å². The number of carbonyl (C=O) groups is 1. The summed E-state index contributed by atoms with van der Waals surface area (Å²) in [6, 6.07) is 4.58. The normalized spacial score (nSPS) is 14.5. The van der Waals surface area contributed by atoms with Gasteiger partial charge in [0, 0.05) is 5.56 Å². The second-order valence-corrected chi connectivity index (χ2v) is 4.28. The Morgan fingerprint density at radius 3 is 2.69 bits per heavy atom. The molecule has 0 spiro atoms.